The van der Waals surface area contributed by atoms with Gasteiger partial charge in [0.05, 0.1) is 17.8 Å². The molecule has 1 aliphatic rings. The van der Waals surface area contributed by atoms with Crippen LogP contribution in [0.25, 0.3) is 0 Å². The van der Waals surface area contributed by atoms with Crippen molar-refractivity contribution >= 4 is 11.9 Å². The Morgan fingerprint density at radius 3 is 2.29 bits per heavy atom. The maximum absolute atomic E-state index is 11.8. The summed E-state index contributed by atoms with van der Waals surface area (Å²) in [6.07, 6.45) is 0. The molecule has 5 heteroatoms. The van der Waals surface area contributed by atoms with Crippen LogP contribution in [0.5, 0.6) is 0 Å². The van der Waals surface area contributed by atoms with Crippen LogP contribution < -0.4 is 5.32 Å². The lowest BCUT2D eigenvalue weighted by molar-refractivity contribution is -0.139. The number of aliphatic carboxylic acids is 1. The third-order valence-corrected chi connectivity index (χ3v) is 2.77. The number of carbonyl (C=O) groups is 2. The quantitative estimate of drug-likeness (QED) is 0.728. The maximum Gasteiger partial charge on any atom is 0.336 e. The minimum absolute atomic E-state index is 0.207. The minimum atomic E-state index is -1.02. The average Bonchev–Trinajstić information content (AvgIpc) is 2.15. The Morgan fingerprint density at radius 1 is 1.29 bits per heavy atom. The Balaban J connectivity index is 3.12. The summed E-state index contributed by atoms with van der Waals surface area (Å²) in [7, 11) is 0. The van der Waals surface area contributed by atoms with Crippen molar-refractivity contribution in [2.45, 2.75) is 27.7 Å². The van der Waals surface area contributed by atoms with Crippen molar-refractivity contribution in [3.8, 4) is 0 Å². The van der Waals surface area contributed by atoms with Crippen molar-refractivity contribution < 1.29 is 19.4 Å². The number of carbonyl (C=O) groups excluding carboxylic acids is 1. The SMILES string of the molecule is CCOC(=O)C1=C(C)NC(C)=C(C(=O)O)C1C. The summed E-state index contributed by atoms with van der Waals surface area (Å²) in [5, 5.41) is 12.0. The third kappa shape index (κ3) is 2.49. The fourth-order valence-electron chi connectivity index (χ4n) is 2.09. The second-order valence-corrected chi connectivity index (χ2v) is 3.95. The molecule has 94 valence electrons. The number of nitrogens with one attached hydrogen (secondary N) is 1. The van der Waals surface area contributed by atoms with Gasteiger partial charge in [-0.3, -0.25) is 0 Å². The zero-order valence-corrected chi connectivity index (χ0v) is 10.5. The molecule has 0 saturated heterocycles. The minimum Gasteiger partial charge on any atom is -0.478 e. The number of hydrogen-bond donors (Lipinski definition) is 2. The molecule has 0 aromatic carbocycles. The van der Waals surface area contributed by atoms with Crippen LogP contribution in [0.2, 0.25) is 0 Å². The highest BCUT2D eigenvalue weighted by molar-refractivity contribution is 5.96. The molecule has 0 aromatic heterocycles. The Bertz CT molecular complexity index is 420. The number of ether oxygens (including phenoxy) is 1. The highest BCUT2D eigenvalue weighted by Crippen LogP contribution is 2.29. The van der Waals surface area contributed by atoms with Gasteiger partial charge in [0.15, 0.2) is 0 Å². The molecule has 0 bridgehead atoms. The topological polar surface area (TPSA) is 75.6 Å². The molecule has 1 aliphatic heterocycles. The van der Waals surface area contributed by atoms with Gasteiger partial charge in [-0.25, -0.2) is 9.59 Å². The number of hydrogen-bond acceptors (Lipinski definition) is 4. The molecular weight excluding hydrogens is 222 g/mol. The molecule has 0 saturated carbocycles. The molecule has 0 aliphatic carbocycles. The lowest BCUT2D eigenvalue weighted by atomic mass is 9.87. The van der Waals surface area contributed by atoms with Gasteiger partial charge in [-0.15, -0.1) is 0 Å². The first kappa shape index (κ1) is 13.3. The zero-order chi connectivity index (χ0) is 13.2. The van der Waals surface area contributed by atoms with Gasteiger partial charge in [0.1, 0.15) is 0 Å². The van der Waals surface area contributed by atoms with Gasteiger partial charge in [-0.2, -0.15) is 0 Å². The summed E-state index contributed by atoms with van der Waals surface area (Å²) in [4.78, 5) is 22.9. The van der Waals surface area contributed by atoms with E-state index in [1.807, 2.05) is 0 Å². The molecule has 0 amide bonds. The van der Waals surface area contributed by atoms with E-state index in [0.29, 0.717) is 17.0 Å². The van der Waals surface area contributed by atoms with Crippen LogP contribution in [0.15, 0.2) is 22.5 Å². The molecule has 0 fully saturated rings. The van der Waals surface area contributed by atoms with E-state index in [4.69, 9.17) is 9.84 Å². The summed E-state index contributed by atoms with van der Waals surface area (Å²) in [5.41, 5.74) is 1.81. The first-order valence-corrected chi connectivity index (χ1v) is 5.49. The molecule has 2 N–H and O–H groups in total. The highest BCUT2D eigenvalue weighted by Gasteiger charge is 2.32. The normalized spacial score (nSPS) is 20.1. The van der Waals surface area contributed by atoms with Crippen LogP contribution >= 0.6 is 0 Å². The first-order valence-electron chi connectivity index (χ1n) is 5.49. The molecule has 1 heterocycles. The first-order chi connectivity index (χ1) is 7.90. The molecule has 1 atom stereocenters. The summed E-state index contributed by atoms with van der Waals surface area (Å²) >= 11 is 0. The molecule has 1 unspecified atom stereocenters. The van der Waals surface area contributed by atoms with Crippen LogP contribution in [-0.4, -0.2) is 23.7 Å². The van der Waals surface area contributed by atoms with Gasteiger partial charge < -0.3 is 15.2 Å². The van der Waals surface area contributed by atoms with Crippen LogP contribution in [0.1, 0.15) is 27.7 Å². The van der Waals surface area contributed by atoms with Crippen molar-refractivity contribution in [1.29, 1.82) is 0 Å². The number of carboxylic acid groups (broad SMARTS) is 1. The van der Waals surface area contributed by atoms with Crippen molar-refractivity contribution in [1.82, 2.24) is 5.32 Å². The van der Waals surface area contributed by atoms with Crippen molar-refractivity contribution in [2.75, 3.05) is 6.61 Å². The van der Waals surface area contributed by atoms with E-state index in [1.54, 1.807) is 27.7 Å². The fourth-order valence-corrected chi connectivity index (χ4v) is 2.09. The van der Waals surface area contributed by atoms with Crippen LogP contribution in [0.3, 0.4) is 0 Å². The van der Waals surface area contributed by atoms with Crippen molar-refractivity contribution in [3.63, 3.8) is 0 Å². The second kappa shape index (κ2) is 5.03. The zero-order valence-electron chi connectivity index (χ0n) is 10.5. The standard InChI is InChI=1S/C12H17NO4/c1-5-17-12(16)10-6(2)9(11(14)15)7(3)13-8(10)4/h6,13H,5H2,1-4H3,(H,14,15). The second-order valence-electron chi connectivity index (χ2n) is 3.95. The predicted molar refractivity (Wildman–Crippen MR) is 62.0 cm³/mol. The lowest BCUT2D eigenvalue weighted by Gasteiger charge is -2.26. The van der Waals surface area contributed by atoms with E-state index in [9.17, 15) is 9.59 Å². The van der Waals surface area contributed by atoms with Crippen LogP contribution in [-0.2, 0) is 14.3 Å². The van der Waals surface area contributed by atoms with Gasteiger partial charge in [-0.05, 0) is 20.8 Å². The average molecular weight is 239 g/mol. The van der Waals surface area contributed by atoms with Gasteiger partial charge in [0.25, 0.3) is 0 Å². The largest absolute Gasteiger partial charge is 0.478 e. The van der Waals surface area contributed by atoms with Gasteiger partial charge in [0.2, 0.25) is 0 Å². The Hall–Kier alpha value is -1.78. The Morgan fingerprint density at radius 2 is 1.82 bits per heavy atom. The van der Waals surface area contributed by atoms with E-state index in [0.717, 1.165) is 0 Å². The number of esters is 1. The third-order valence-electron chi connectivity index (χ3n) is 2.77. The molecule has 0 aromatic rings. The van der Waals surface area contributed by atoms with Gasteiger partial charge in [0, 0.05) is 17.3 Å². The van der Waals surface area contributed by atoms with E-state index in [1.165, 1.54) is 0 Å². The Labute approximate surface area is 100 Å². The maximum atomic E-state index is 11.8. The molecule has 17 heavy (non-hydrogen) atoms. The number of dihydropyridines is 1. The smallest absolute Gasteiger partial charge is 0.336 e. The van der Waals surface area contributed by atoms with E-state index < -0.39 is 17.9 Å². The molecule has 5 nitrogen and oxygen atoms in total. The van der Waals surface area contributed by atoms with E-state index in [-0.39, 0.29) is 12.2 Å². The van der Waals surface area contributed by atoms with Crippen molar-refractivity contribution in [2.24, 2.45) is 5.92 Å². The monoisotopic (exact) mass is 239 g/mol. The van der Waals surface area contributed by atoms with Gasteiger partial charge in [-0.1, -0.05) is 6.92 Å². The summed E-state index contributed by atoms with van der Waals surface area (Å²) in [6.45, 7) is 7.11. The lowest BCUT2D eigenvalue weighted by Crippen LogP contribution is -2.31. The molecule has 1 rings (SSSR count). The Kier molecular flexibility index (Phi) is 3.93. The number of rotatable bonds is 3. The number of carboxylic acids is 1. The van der Waals surface area contributed by atoms with E-state index in [2.05, 4.69) is 5.32 Å². The summed E-state index contributed by atoms with van der Waals surface area (Å²) in [5.74, 6) is -1.94. The van der Waals surface area contributed by atoms with Crippen LogP contribution in [0, 0.1) is 5.92 Å². The molecular formula is C12H17NO4. The molecule has 0 spiro atoms. The summed E-state index contributed by atoms with van der Waals surface area (Å²) < 4.78 is 4.93. The number of allylic oxidation sites excluding steroid dienone is 2. The van der Waals surface area contributed by atoms with Gasteiger partial charge >= 0.3 is 11.9 Å². The van der Waals surface area contributed by atoms with Crippen LogP contribution in [0.4, 0.5) is 0 Å². The van der Waals surface area contributed by atoms with E-state index >= 15 is 0 Å². The highest BCUT2D eigenvalue weighted by atomic mass is 16.5. The molecule has 0 radical (unpaired) electrons. The predicted octanol–water partition coefficient (Wildman–Crippen LogP) is 1.42. The fraction of sp³-hybridized carbons (Fsp3) is 0.500. The van der Waals surface area contributed by atoms with Crippen molar-refractivity contribution in [3.05, 3.63) is 22.5 Å². The summed E-state index contributed by atoms with van der Waals surface area (Å²) in [6, 6.07) is 0.